The molecule has 0 spiro atoms. The van der Waals surface area contributed by atoms with Crippen molar-refractivity contribution in [3.63, 3.8) is 0 Å². The molecule has 1 amide bonds. The van der Waals surface area contributed by atoms with Gasteiger partial charge in [0.1, 0.15) is 0 Å². The van der Waals surface area contributed by atoms with Gasteiger partial charge in [0.15, 0.2) is 11.5 Å². The van der Waals surface area contributed by atoms with Crippen LogP contribution in [0.4, 0.5) is 11.4 Å². The molecule has 0 fully saturated rings. The van der Waals surface area contributed by atoms with Crippen LogP contribution < -0.4 is 20.1 Å². The van der Waals surface area contributed by atoms with E-state index in [0.29, 0.717) is 11.5 Å². The van der Waals surface area contributed by atoms with Crippen LogP contribution >= 0.6 is 0 Å². The fraction of sp³-hybridized carbons (Fsp3) is 0.381. The van der Waals surface area contributed by atoms with Gasteiger partial charge in [0.2, 0.25) is 5.91 Å². The number of carbonyl (C=O) groups is 1. The van der Waals surface area contributed by atoms with Gasteiger partial charge >= 0.3 is 0 Å². The number of ether oxygens (including phenoxy) is 2. The highest BCUT2D eigenvalue weighted by molar-refractivity contribution is 5.92. The predicted molar refractivity (Wildman–Crippen MR) is 110 cm³/mol. The van der Waals surface area contributed by atoms with E-state index in [4.69, 9.17) is 9.47 Å². The minimum absolute atomic E-state index is 0.0751. The zero-order chi connectivity index (χ0) is 19.6. The molecule has 0 aromatic heterocycles. The Morgan fingerprint density at radius 1 is 0.963 bits per heavy atom. The summed E-state index contributed by atoms with van der Waals surface area (Å²) in [4.78, 5) is 14.5. The quantitative estimate of drug-likeness (QED) is 0.628. The Morgan fingerprint density at radius 2 is 1.63 bits per heavy atom. The maximum absolute atomic E-state index is 12.3. The number of anilines is 2. The minimum atomic E-state index is -0.0751. The highest BCUT2D eigenvalue weighted by Crippen LogP contribution is 2.27. The number of hydrogen-bond acceptors (Lipinski definition) is 5. The van der Waals surface area contributed by atoms with Crippen LogP contribution in [-0.4, -0.2) is 52.2 Å². The molecular formula is C21H29N3O3. The van der Waals surface area contributed by atoms with Crippen LogP contribution in [0.2, 0.25) is 0 Å². The smallest absolute Gasteiger partial charge is 0.228 e. The second-order valence-electron chi connectivity index (χ2n) is 6.58. The lowest BCUT2D eigenvalue weighted by atomic mass is 10.1. The summed E-state index contributed by atoms with van der Waals surface area (Å²) in [6.45, 7) is 1.97. The largest absolute Gasteiger partial charge is 0.493 e. The molecule has 0 bridgehead atoms. The molecule has 0 saturated heterocycles. The summed E-state index contributed by atoms with van der Waals surface area (Å²) < 4.78 is 10.5. The molecule has 0 saturated carbocycles. The number of amides is 1. The fourth-order valence-corrected chi connectivity index (χ4v) is 2.68. The normalized spacial score (nSPS) is 10.6. The van der Waals surface area contributed by atoms with Gasteiger partial charge < -0.3 is 25.0 Å². The fourth-order valence-electron chi connectivity index (χ4n) is 2.68. The third-order valence-electron chi connectivity index (χ3n) is 4.09. The molecule has 6 heteroatoms. The molecule has 0 unspecified atom stereocenters. The molecule has 0 heterocycles. The first kappa shape index (κ1) is 20.6. The third-order valence-corrected chi connectivity index (χ3v) is 4.09. The van der Waals surface area contributed by atoms with Crippen LogP contribution in [0.15, 0.2) is 42.5 Å². The predicted octanol–water partition coefficient (Wildman–Crippen LogP) is 3.25. The topological polar surface area (TPSA) is 62.8 Å². The highest BCUT2D eigenvalue weighted by atomic mass is 16.5. The molecule has 2 aromatic rings. The Balaban J connectivity index is 1.85. The number of nitrogens with zero attached hydrogens (tertiary/aromatic N) is 1. The molecule has 0 radical (unpaired) electrons. The maximum Gasteiger partial charge on any atom is 0.228 e. The molecule has 2 N–H and O–H groups in total. The van der Waals surface area contributed by atoms with Gasteiger partial charge in [0, 0.05) is 17.9 Å². The van der Waals surface area contributed by atoms with Gasteiger partial charge in [-0.25, -0.2) is 0 Å². The zero-order valence-electron chi connectivity index (χ0n) is 16.5. The van der Waals surface area contributed by atoms with E-state index in [2.05, 4.69) is 29.6 Å². The lowest BCUT2D eigenvalue weighted by Crippen LogP contribution is -2.16. The SMILES string of the molecule is COc1ccc(CC(=O)Nc2ccc(NCCCN(C)C)cc2)cc1OC. The maximum atomic E-state index is 12.3. The lowest BCUT2D eigenvalue weighted by Gasteiger charge is -2.12. The van der Waals surface area contributed by atoms with E-state index in [-0.39, 0.29) is 12.3 Å². The Hall–Kier alpha value is -2.73. The van der Waals surface area contributed by atoms with Crippen LogP contribution in [0.5, 0.6) is 11.5 Å². The monoisotopic (exact) mass is 371 g/mol. The number of nitrogens with one attached hydrogen (secondary N) is 2. The van der Waals surface area contributed by atoms with Crippen LogP contribution in [-0.2, 0) is 11.2 Å². The van der Waals surface area contributed by atoms with Gasteiger partial charge in [-0.1, -0.05) is 6.07 Å². The molecule has 0 aliphatic heterocycles. The van der Waals surface area contributed by atoms with Crippen molar-refractivity contribution in [1.29, 1.82) is 0 Å². The van der Waals surface area contributed by atoms with Crippen molar-refractivity contribution < 1.29 is 14.3 Å². The minimum Gasteiger partial charge on any atom is -0.493 e. The highest BCUT2D eigenvalue weighted by Gasteiger charge is 2.09. The van der Waals surface area contributed by atoms with Crippen molar-refractivity contribution in [3.8, 4) is 11.5 Å². The summed E-state index contributed by atoms with van der Waals surface area (Å²) in [6.07, 6.45) is 1.35. The van der Waals surface area contributed by atoms with Crippen LogP contribution in [0, 0.1) is 0 Å². The third kappa shape index (κ3) is 6.83. The number of benzene rings is 2. The van der Waals surface area contributed by atoms with Crippen LogP contribution in [0.1, 0.15) is 12.0 Å². The van der Waals surface area contributed by atoms with Crippen molar-refractivity contribution in [3.05, 3.63) is 48.0 Å². The van der Waals surface area contributed by atoms with Crippen LogP contribution in [0.3, 0.4) is 0 Å². The number of rotatable bonds is 10. The second kappa shape index (κ2) is 10.4. The molecular weight excluding hydrogens is 342 g/mol. The average molecular weight is 371 g/mol. The summed E-state index contributed by atoms with van der Waals surface area (Å²) >= 11 is 0. The standard InChI is InChI=1S/C21H29N3O3/c1-24(2)13-5-12-22-17-7-9-18(10-8-17)23-21(25)15-16-6-11-19(26-3)20(14-16)27-4/h6-11,14,22H,5,12-13,15H2,1-4H3,(H,23,25). The van der Waals surface area contributed by atoms with Gasteiger partial charge in [0.25, 0.3) is 0 Å². The number of methoxy groups -OCH3 is 2. The second-order valence-corrected chi connectivity index (χ2v) is 6.58. The van der Waals surface area contributed by atoms with Gasteiger partial charge in [0.05, 0.1) is 20.6 Å². The van der Waals surface area contributed by atoms with E-state index in [0.717, 1.165) is 36.4 Å². The van der Waals surface area contributed by atoms with Crippen LogP contribution in [0.25, 0.3) is 0 Å². The molecule has 2 aromatic carbocycles. The Labute approximate surface area is 161 Å². The first-order chi connectivity index (χ1) is 13.0. The van der Waals surface area contributed by atoms with Gasteiger partial charge in [-0.2, -0.15) is 0 Å². The lowest BCUT2D eigenvalue weighted by molar-refractivity contribution is -0.115. The first-order valence-corrected chi connectivity index (χ1v) is 9.01. The zero-order valence-corrected chi connectivity index (χ0v) is 16.5. The van der Waals surface area contributed by atoms with E-state index in [1.807, 2.05) is 36.4 Å². The Kier molecular flexibility index (Phi) is 7.95. The van der Waals surface area contributed by atoms with Crippen molar-refractivity contribution in [2.45, 2.75) is 12.8 Å². The van der Waals surface area contributed by atoms with E-state index in [1.54, 1.807) is 20.3 Å². The summed E-state index contributed by atoms with van der Waals surface area (Å²) in [5.41, 5.74) is 2.69. The number of carbonyl (C=O) groups excluding carboxylic acids is 1. The first-order valence-electron chi connectivity index (χ1n) is 9.01. The van der Waals surface area contributed by atoms with E-state index < -0.39 is 0 Å². The van der Waals surface area contributed by atoms with Crippen molar-refractivity contribution in [2.24, 2.45) is 0 Å². The summed E-state index contributed by atoms with van der Waals surface area (Å²) in [7, 11) is 7.31. The van der Waals surface area contributed by atoms with Crippen molar-refractivity contribution >= 4 is 17.3 Å². The van der Waals surface area contributed by atoms with Crippen molar-refractivity contribution in [2.75, 3.05) is 52.0 Å². The Morgan fingerprint density at radius 3 is 2.26 bits per heavy atom. The molecule has 0 aliphatic rings. The Bertz CT molecular complexity index is 730. The van der Waals surface area contributed by atoms with Crippen molar-refractivity contribution in [1.82, 2.24) is 4.90 Å². The molecule has 6 nitrogen and oxygen atoms in total. The molecule has 27 heavy (non-hydrogen) atoms. The number of hydrogen-bond donors (Lipinski definition) is 2. The summed E-state index contributed by atoms with van der Waals surface area (Å²) in [5, 5.41) is 6.30. The van der Waals surface area contributed by atoms with Gasteiger partial charge in [-0.15, -0.1) is 0 Å². The van der Waals surface area contributed by atoms with Gasteiger partial charge in [-0.05, 0) is 69.0 Å². The average Bonchev–Trinajstić information content (AvgIpc) is 2.66. The summed E-state index contributed by atoms with van der Waals surface area (Å²) in [5.74, 6) is 1.19. The van der Waals surface area contributed by atoms with E-state index in [1.165, 1.54) is 0 Å². The van der Waals surface area contributed by atoms with E-state index >= 15 is 0 Å². The molecule has 0 atom stereocenters. The molecule has 146 valence electrons. The molecule has 2 rings (SSSR count). The molecule has 0 aliphatic carbocycles. The van der Waals surface area contributed by atoms with E-state index in [9.17, 15) is 4.79 Å². The van der Waals surface area contributed by atoms with Gasteiger partial charge in [-0.3, -0.25) is 4.79 Å². The summed E-state index contributed by atoms with van der Waals surface area (Å²) in [6, 6.07) is 13.2.